The van der Waals surface area contributed by atoms with E-state index in [0.717, 1.165) is 17.8 Å². The van der Waals surface area contributed by atoms with E-state index in [1.165, 1.54) is 57.3 Å². The van der Waals surface area contributed by atoms with E-state index >= 15 is 0 Å². The molecule has 0 amide bonds. The molecule has 3 rings (SSSR count). The highest BCUT2D eigenvalue weighted by Crippen LogP contribution is 2.15. The molecule has 0 spiro atoms. The molecule has 3 heterocycles. The molecule has 116 valence electrons. The van der Waals surface area contributed by atoms with Gasteiger partial charge in [-0.1, -0.05) is 18.6 Å². The van der Waals surface area contributed by atoms with Crippen LogP contribution in [0.2, 0.25) is 0 Å². The van der Waals surface area contributed by atoms with Crippen LogP contribution in [0.1, 0.15) is 37.7 Å². The molecule has 3 heteroatoms. The van der Waals surface area contributed by atoms with E-state index in [2.05, 4.69) is 27.0 Å². The van der Waals surface area contributed by atoms with Crippen molar-refractivity contribution in [3.63, 3.8) is 0 Å². The summed E-state index contributed by atoms with van der Waals surface area (Å²) in [6, 6.07) is 10.2. The molecule has 1 saturated heterocycles. The van der Waals surface area contributed by atoms with Crippen LogP contribution in [0.5, 0.6) is 0 Å². The van der Waals surface area contributed by atoms with E-state index in [1.54, 1.807) is 0 Å². The van der Waals surface area contributed by atoms with Crippen LogP contribution in [-0.4, -0.2) is 34.5 Å². The minimum atomic E-state index is 0.944. The van der Waals surface area contributed by atoms with Crippen molar-refractivity contribution in [1.29, 1.82) is 0 Å². The number of aromatic nitrogens is 2. The van der Waals surface area contributed by atoms with Crippen molar-refractivity contribution in [2.75, 3.05) is 19.6 Å². The van der Waals surface area contributed by atoms with Gasteiger partial charge < -0.3 is 4.90 Å². The zero-order valence-electron chi connectivity index (χ0n) is 13.2. The highest BCUT2D eigenvalue weighted by Gasteiger charge is 2.08. The number of rotatable bonds is 6. The lowest BCUT2D eigenvalue weighted by Crippen LogP contribution is -2.30. The highest BCUT2D eigenvalue weighted by molar-refractivity contribution is 5.53. The van der Waals surface area contributed by atoms with Gasteiger partial charge in [0.2, 0.25) is 0 Å². The number of piperidine rings is 1. The van der Waals surface area contributed by atoms with Gasteiger partial charge in [-0.25, -0.2) is 0 Å². The molecule has 1 fully saturated rings. The van der Waals surface area contributed by atoms with Crippen molar-refractivity contribution in [1.82, 2.24) is 14.9 Å². The van der Waals surface area contributed by atoms with Crippen molar-refractivity contribution < 1.29 is 0 Å². The van der Waals surface area contributed by atoms with Crippen molar-refractivity contribution in [3.05, 3.63) is 48.3 Å². The second-order valence-corrected chi connectivity index (χ2v) is 6.13. The van der Waals surface area contributed by atoms with Gasteiger partial charge in [0, 0.05) is 12.4 Å². The molecule has 1 aliphatic heterocycles. The Morgan fingerprint density at radius 3 is 2.45 bits per heavy atom. The second kappa shape index (κ2) is 8.04. The van der Waals surface area contributed by atoms with Gasteiger partial charge in [0.15, 0.2) is 0 Å². The number of nitrogens with zero attached hydrogens (tertiary/aromatic N) is 3. The van der Waals surface area contributed by atoms with Crippen LogP contribution < -0.4 is 0 Å². The molecule has 2 aromatic heterocycles. The van der Waals surface area contributed by atoms with Crippen molar-refractivity contribution in [2.24, 2.45) is 0 Å². The maximum absolute atomic E-state index is 4.54. The fraction of sp³-hybridized carbons (Fsp3) is 0.474. The normalized spacial score (nSPS) is 15.8. The zero-order valence-corrected chi connectivity index (χ0v) is 13.2. The quantitative estimate of drug-likeness (QED) is 0.756. The fourth-order valence-corrected chi connectivity index (χ4v) is 3.09. The van der Waals surface area contributed by atoms with Crippen LogP contribution in [0, 0.1) is 0 Å². The maximum Gasteiger partial charge on any atom is 0.0886 e. The Bertz CT molecular complexity index is 545. The average Bonchev–Trinajstić information content (AvgIpc) is 2.61. The SMILES string of the molecule is c1ccc(-c2ccc(CCCCN3CCCCC3)cn2)nc1. The van der Waals surface area contributed by atoms with Gasteiger partial charge in [-0.2, -0.15) is 0 Å². The molecule has 0 bridgehead atoms. The highest BCUT2D eigenvalue weighted by atomic mass is 15.1. The molecule has 1 aliphatic rings. The standard InChI is InChI=1S/C19H25N3/c1-5-13-22(14-6-1)15-7-3-8-17-10-11-19(21-16-17)18-9-2-4-12-20-18/h2,4,9-12,16H,1,3,5-8,13-15H2. The van der Waals surface area contributed by atoms with Gasteiger partial charge in [0.1, 0.15) is 0 Å². The molecule has 0 aliphatic carbocycles. The summed E-state index contributed by atoms with van der Waals surface area (Å²) in [6.07, 6.45) is 11.7. The summed E-state index contributed by atoms with van der Waals surface area (Å²) in [4.78, 5) is 11.5. The number of aryl methyl sites for hydroxylation is 1. The molecule has 0 aromatic carbocycles. The molecular weight excluding hydrogens is 270 g/mol. The summed E-state index contributed by atoms with van der Waals surface area (Å²) in [5.74, 6) is 0. The Hall–Kier alpha value is -1.74. The van der Waals surface area contributed by atoms with E-state index < -0.39 is 0 Å². The minimum Gasteiger partial charge on any atom is -0.303 e. The Morgan fingerprint density at radius 1 is 0.864 bits per heavy atom. The zero-order chi connectivity index (χ0) is 15.0. The summed E-state index contributed by atoms with van der Waals surface area (Å²) in [5.41, 5.74) is 3.23. The third kappa shape index (κ3) is 4.38. The van der Waals surface area contributed by atoms with E-state index in [1.807, 2.05) is 30.6 Å². The molecular formula is C19H25N3. The van der Waals surface area contributed by atoms with Crippen LogP contribution in [-0.2, 0) is 6.42 Å². The van der Waals surface area contributed by atoms with Crippen molar-refractivity contribution >= 4 is 0 Å². The largest absolute Gasteiger partial charge is 0.303 e. The van der Waals surface area contributed by atoms with Crippen LogP contribution in [0.25, 0.3) is 11.4 Å². The molecule has 3 nitrogen and oxygen atoms in total. The summed E-state index contributed by atoms with van der Waals surface area (Å²) in [7, 11) is 0. The summed E-state index contributed by atoms with van der Waals surface area (Å²) >= 11 is 0. The van der Waals surface area contributed by atoms with Crippen LogP contribution in [0.3, 0.4) is 0 Å². The van der Waals surface area contributed by atoms with E-state index in [0.29, 0.717) is 0 Å². The third-order valence-electron chi connectivity index (χ3n) is 4.39. The van der Waals surface area contributed by atoms with Gasteiger partial charge >= 0.3 is 0 Å². The van der Waals surface area contributed by atoms with Crippen molar-refractivity contribution in [2.45, 2.75) is 38.5 Å². The number of pyridine rings is 2. The van der Waals surface area contributed by atoms with Gasteiger partial charge in [0.05, 0.1) is 11.4 Å². The Balaban J connectivity index is 1.43. The van der Waals surface area contributed by atoms with Gasteiger partial charge in [-0.3, -0.25) is 9.97 Å². The first-order valence-electron chi connectivity index (χ1n) is 8.50. The van der Waals surface area contributed by atoms with Gasteiger partial charge in [-0.15, -0.1) is 0 Å². The van der Waals surface area contributed by atoms with Gasteiger partial charge in [-0.05, 0) is 75.5 Å². The molecule has 0 atom stereocenters. The second-order valence-electron chi connectivity index (χ2n) is 6.13. The minimum absolute atomic E-state index is 0.944. The maximum atomic E-state index is 4.54. The molecule has 22 heavy (non-hydrogen) atoms. The van der Waals surface area contributed by atoms with Crippen LogP contribution in [0.15, 0.2) is 42.7 Å². The molecule has 0 N–H and O–H groups in total. The van der Waals surface area contributed by atoms with E-state index in [-0.39, 0.29) is 0 Å². The first-order chi connectivity index (χ1) is 10.9. The first kappa shape index (κ1) is 15.2. The molecule has 0 unspecified atom stereocenters. The van der Waals surface area contributed by atoms with E-state index in [4.69, 9.17) is 0 Å². The molecule has 0 radical (unpaired) electrons. The van der Waals surface area contributed by atoms with Crippen LogP contribution in [0.4, 0.5) is 0 Å². The average molecular weight is 295 g/mol. The first-order valence-corrected chi connectivity index (χ1v) is 8.50. The number of hydrogen-bond acceptors (Lipinski definition) is 3. The lowest BCUT2D eigenvalue weighted by Gasteiger charge is -2.26. The summed E-state index contributed by atoms with van der Waals surface area (Å²) in [6.45, 7) is 3.88. The predicted octanol–water partition coefficient (Wildman–Crippen LogP) is 3.95. The summed E-state index contributed by atoms with van der Waals surface area (Å²) < 4.78 is 0. The third-order valence-corrected chi connectivity index (χ3v) is 4.39. The lowest BCUT2D eigenvalue weighted by molar-refractivity contribution is 0.225. The Morgan fingerprint density at radius 2 is 1.73 bits per heavy atom. The predicted molar refractivity (Wildman–Crippen MR) is 90.7 cm³/mol. The monoisotopic (exact) mass is 295 g/mol. The Kier molecular flexibility index (Phi) is 5.54. The number of likely N-dealkylation sites (tertiary alicyclic amines) is 1. The number of hydrogen-bond donors (Lipinski definition) is 0. The van der Waals surface area contributed by atoms with Gasteiger partial charge in [0.25, 0.3) is 0 Å². The number of unbranched alkanes of at least 4 members (excludes halogenated alkanes) is 1. The van der Waals surface area contributed by atoms with E-state index in [9.17, 15) is 0 Å². The Labute approximate surface area is 133 Å². The lowest BCUT2D eigenvalue weighted by atomic mass is 10.1. The van der Waals surface area contributed by atoms with Crippen LogP contribution >= 0.6 is 0 Å². The fourth-order valence-electron chi connectivity index (χ4n) is 3.09. The smallest absolute Gasteiger partial charge is 0.0886 e. The van der Waals surface area contributed by atoms with Crippen molar-refractivity contribution in [3.8, 4) is 11.4 Å². The summed E-state index contributed by atoms with van der Waals surface area (Å²) in [5, 5.41) is 0. The topological polar surface area (TPSA) is 29.0 Å². The molecule has 2 aromatic rings. The molecule has 0 saturated carbocycles.